The summed E-state index contributed by atoms with van der Waals surface area (Å²) in [5, 5.41) is 0.783. The molecule has 1 aromatic heterocycles. The first-order valence-corrected chi connectivity index (χ1v) is 6.28. The Kier molecular flexibility index (Phi) is 3.20. The summed E-state index contributed by atoms with van der Waals surface area (Å²) in [7, 11) is 0. The fourth-order valence-electron chi connectivity index (χ4n) is 1.03. The van der Waals surface area contributed by atoms with Crippen LogP contribution in [0.3, 0.4) is 0 Å². The van der Waals surface area contributed by atoms with Crippen molar-refractivity contribution >= 4 is 35.6 Å². The minimum atomic E-state index is 0.284. The fraction of sp³-hybridized carbons (Fsp3) is 0. The van der Waals surface area contributed by atoms with E-state index in [1.165, 1.54) is 4.46 Å². The molecule has 70 valence electrons. The number of hydrogen-bond acceptors (Lipinski definition) is 1. The molecule has 1 nitrogen and oxygen atoms in total. The van der Waals surface area contributed by atoms with Crippen LogP contribution in [0.4, 0.5) is 0 Å². The summed E-state index contributed by atoms with van der Waals surface area (Å²) in [5.74, 6) is 0. The zero-order chi connectivity index (χ0) is 9.80. The maximum atomic E-state index is 5.81. The Labute approximate surface area is 94.3 Å². The third-order valence-electron chi connectivity index (χ3n) is 1.67. The van der Waals surface area contributed by atoms with E-state index in [0.29, 0.717) is 0 Å². The van der Waals surface area contributed by atoms with E-state index >= 15 is 0 Å². The van der Waals surface area contributed by atoms with Crippen molar-refractivity contribution in [3.05, 3.63) is 53.7 Å². The van der Waals surface area contributed by atoms with Gasteiger partial charge in [-0.15, -0.1) is 0 Å². The Bertz CT molecular complexity index is 399. The van der Waals surface area contributed by atoms with Crippen molar-refractivity contribution in [2.24, 2.45) is 0 Å². The van der Waals surface area contributed by atoms with Gasteiger partial charge in [0.15, 0.2) is 0 Å². The van der Waals surface area contributed by atoms with Crippen molar-refractivity contribution < 1.29 is 0 Å². The Hall–Kier alpha value is -0.821. The number of nitrogens with zero attached hydrogens (tertiary/aromatic N) is 1. The normalized spacial score (nSPS) is 10.1. The van der Waals surface area contributed by atoms with Crippen molar-refractivity contribution in [2.45, 2.75) is 0 Å². The Balaban J connectivity index is 2.16. The van der Waals surface area contributed by atoms with E-state index in [9.17, 15) is 0 Å². The number of rotatable bonds is 2. The number of halogens is 1. The van der Waals surface area contributed by atoms with Crippen molar-refractivity contribution in [1.82, 2.24) is 4.98 Å². The van der Waals surface area contributed by atoms with Gasteiger partial charge in [0.1, 0.15) is 0 Å². The molecule has 0 amide bonds. The van der Waals surface area contributed by atoms with E-state index in [4.69, 9.17) is 11.6 Å². The molecule has 0 aliphatic carbocycles. The van der Waals surface area contributed by atoms with Crippen LogP contribution in [0.1, 0.15) is 0 Å². The van der Waals surface area contributed by atoms with E-state index < -0.39 is 0 Å². The van der Waals surface area contributed by atoms with Gasteiger partial charge < -0.3 is 0 Å². The average molecular weight is 269 g/mol. The summed E-state index contributed by atoms with van der Waals surface area (Å²) in [6.45, 7) is 0. The second kappa shape index (κ2) is 4.61. The molecule has 0 bridgehead atoms. The molecule has 0 atom stereocenters. The summed E-state index contributed by atoms with van der Waals surface area (Å²) < 4.78 is 2.43. The van der Waals surface area contributed by atoms with Crippen LogP contribution in [0.25, 0.3) is 0 Å². The summed E-state index contributed by atoms with van der Waals surface area (Å²) in [5.41, 5.74) is 0. The molecular weight excluding hydrogens is 261 g/mol. The van der Waals surface area contributed by atoms with Gasteiger partial charge in [0.25, 0.3) is 0 Å². The first-order chi connectivity index (χ1) is 6.84. The molecule has 1 heterocycles. The van der Waals surface area contributed by atoms with Crippen LogP contribution in [-0.4, -0.2) is 19.9 Å². The summed E-state index contributed by atoms with van der Waals surface area (Å²) in [4.78, 5) is 4.29. The van der Waals surface area contributed by atoms with Crippen LogP contribution < -0.4 is 9.05 Å². The van der Waals surface area contributed by atoms with Gasteiger partial charge in [-0.2, -0.15) is 0 Å². The summed E-state index contributed by atoms with van der Waals surface area (Å²) in [6.07, 6.45) is 1.83. The summed E-state index contributed by atoms with van der Waals surface area (Å²) in [6, 6.07) is 13.9. The van der Waals surface area contributed by atoms with Crippen molar-refractivity contribution in [3.63, 3.8) is 0 Å². The Morgan fingerprint density at radius 1 is 1.00 bits per heavy atom. The minimum absolute atomic E-state index is 0.284. The molecule has 0 aliphatic heterocycles. The zero-order valence-corrected chi connectivity index (χ0v) is 9.82. The van der Waals surface area contributed by atoms with Crippen LogP contribution >= 0.6 is 11.6 Å². The number of aromatic nitrogens is 1. The van der Waals surface area contributed by atoms with Crippen LogP contribution in [0.5, 0.6) is 0 Å². The van der Waals surface area contributed by atoms with Gasteiger partial charge in [0, 0.05) is 0 Å². The molecule has 0 saturated heterocycles. The standard InChI is InChI=1S/C11H8ClNSe/c12-9-4-6-10(7-5-9)14-11-3-1-2-8-13-11/h1-8H. The van der Waals surface area contributed by atoms with Crippen molar-refractivity contribution in [1.29, 1.82) is 0 Å². The molecule has 14 heavy (non-hydrogen) atoms. The first-order valence-electron chi connectivity index (χ1n) is 4.19. The topological polar surface area (TPSA) is 12.9 Å². The molecule has 0 saturated carbocycles. The molecule has 0 aliphatic rings. The van der Waals surface area contributed by atoms with Gasteiger partial charge in [0.05, 0.1) is 0 Å². The molecule has 0 radical (unpaired) electrons. The number of benzene rings is 1. The molecule has 0 fully saturated rings. The second-order valence-electron chi connectivity index (χ2n) is 2.72. The van der Waals surface area contributed by atoms with Gasteiger partial charge in [-0.05, 0) is 0 Å². The Morgan fingerprint density at radius 2 is 1.79 bits per heavy atom. The number of hydrogen-bond donors (Lipinski definition) is 0. The fourth-order valence-corrected chi connectivity index (χ4v) is 2.78. The SMILES string of the molecule is Clc1ccc([Se]c2ccccn2)cc1. The van der Waals surface area contributed by atoms with E-state index in [2.05, 4.69) is 23.2 Å². The van der Waals surface area contributed by atoms with Crippen molar-refractivity contribution in [2.75, 3.05) is 0 Å². The van der Waals surface area contributed by atoms with E-state index in [1.54, 1.807) is 0 Å². The Morgan fingerprint density at radius 3 is 2.43 bits per heavy atom. The first kappa shape index (κ1) is 9.72. The van der Waals surface area contributed by atoms with Gasteiger partial charge in [-0.25, -0.2) is 0 Å². The van der Waals surface area contributed by atoms with Gasteiger partial charge in [-0.3, -0.25) is 0 Å². The molecular formula is C11H8ClNSe. The molecule has 0 unspecified atom stereocenters. The molecule has 2 aromatic rings. The van der Waals surface area contributed by atoms with E-state index in [-0.39, 0.29) is 15.0 Å². The zero-order valence-electron chi connectivity index (χ0n) is 7.35. The summed E-state index contributed by atoms with van der Waals surface area (Å²) >= 11 is 6.09. The third kappa shape index (κ3) is 2.58. The van der Waals surface area contributed by atoms with Crippen LogP contribution in [0.15, 0.2) is 48.7 Å². The maximum absolute atomic E-state index is 5.81. The van der Waals surface area contributed by atoms with E-state index in [1.807, 2.05) is 30.5 Å². The number of pyridine rings is 1. The van der Waals surface area contributed by atoms with E-state index in [0.717, 1.165) is 9.61 Å². The van der Waals surface area contributed by atoms with Crippen LogP contribution in [0.2, 0.25) is 5.02 Å². The average Bonchev–Trinajstić information content (AvgIpc) is 2.23. The van der Waals surface area contributed by atoms with Gasteiger partial charge in [0.2, 0.25) is 0 Å². The molecule has 2 rings (SSSR count). The quantitative estimate of drug-likeness (QED) is 0.750. The monoisotopic (exact) mass is 269 g/mol. The van der Waals surface area contributed by atoms with Crippen molar-refractivity contribution in [3.8, 4) is 0 Å². The van der Waals surface area contributed by atoms with Crippen LogP contribution in [0, 0.1) is 0 Å². The predicted octanol–water partition coefficient (Wildman–Crippen LogP) is 1.39. The predicted molar refractivity (Wildman–Crippen MR) is 60.7 cm³/mol. The van der Waals surface area contributed by atoms with Crippen LogP contribution in [-0.2, 0) is 0 Å². The third-order valence-corrected chi connectivity index (χ3v) is 3.94. The van der Waals surface area contributed by atoms with Gasteiger partial charge >= 0.3 is 94.3 Å². The second-order valence-corrected chi connectivity index (χ2v) is 5.46. The molecule has 3 heteroatoms. The van der Waals surface area contributed by atoms with Gasteiger partial charge in [-0.1, -0.05) is 0 Å². The molecule has 0 spiro atoms. The molecule has 0 N–H and O–H groups in total. The molecule has 1 aromatic carbocycles.